The third-order valence-corrected chi connectivity index (χ3v) is 4.61. The van der Waals surface area contributed by atoms with Crippen LogP contribution in [0.4, 0.5) is 0 Å². The summed E-state index contributed by atoms with van der Waals surface area (Å²) >= 11 is 5.05. The summed E-state index contributed by atoms with van der Waals surface area (Å²) in [6, 6.07) is 10.5. The Bertz CT molecular complexity index is 438. The number of nitriles is 1. The molecule has 1 aromatic carbocycles. The van der Waals surface area contributed by atoms with Gasteiger partial charge in [0.25, 0.3) is 0 Å². The maximum atomic E-state index is 9.29. The summed E-state index contributed by atoms with van der Waals surface area (Å²) in [5.41, 5.74) is -0.349. The van der Waals surface area contributed by atoms with Crippen molar-refractivity contribution in [1.29, 1.82) is 5.26 Å². The van der Waals surface area contributed by atoms with Crippen LogP contribution in [0, 0.1) is 16.7 Å². The molecular weight excluding hydrogens is 326 g/mol. The molecule has 0 aliphatic carbocycles. The first-order valence-electron chi connectivity index (χ1n) is 6.19. The molecule has 0 aromatic heterocycles. The number of hydrogen-bond donors (Lipinski definition) is 0. The number of thioether (sulfide) groups is 1. The highest BCUT2D eigenvalue weighted by atomic mass is 79.9. The standard InChI is InChI=1S/C14H16BrNO2S/c15-12-1-3-13(4-2-12)19-11-18-10-14(9-16)5-7-17-8-6-14/h1-4H,5-8,10-11H2. The highest BCUT2D eigenvalue weighted by Gasteiger charge is 2.32. The fourth-order valence-electron chi connectivity index (χ4n) is 1.93. The molecule has 0 N–H and O–H groups in total. The Labute approximate surface area is 126 Å². The van der Waals surface area contributed by atoms with E-state index in [2.05, 4.69) is 22.0 Å². The lowest BCUT2D eigenvalue weighted by molar-refractivity contribution is -0.00106. The average Bonchev–Trinajstić information content (AvgIpc) is 2.46. The highest BCUT2D eigenvalue weighted by Crippen LogP contribution is 2.30. The summed E-state index contributed by atoms with van der Waals surface area (Å²) in [4.78, 5) is 1.17. The van der Waals surface area contributed by atoms with Crippen LogP contribution in [0.2, 0.25) is 0 Å². The first kappa shape index (κ1) is 14.9. The Morgan fingerprint density at radius 3 is 2.63 bits per heavy atom. The van der Waals surface area contributed by atoms with Crippen LogP contribution in [-0.4, -0.2) is 25.8 Å². The Morgan fingerprint density at radius 2 is 2.00 bits per heavy atom. The van der Waals surface area contributed by atoms with Crippen LogP contribution in [0.1, 0.15) is 12.8 Å². The van der Waals surface area contributed by atoms with E-state index in [9.17, 15) is 5.26 Å². The molecule has 1 aliphatic rings. The molecule has 2 rings (SSSR count). The van der Waals surface area contributed by atoms with E-state index in [1.165, 1.54) is 4.90 Å². The van der Waals surface area contributed by atoms with Gasteiger partial charge in [-0.15, -0.1) is 0 Å². The minimum absolute atomic E-state index is 0.349. The number of rotatable bonds is 5. The maximum absolute atomic E-state index is 9.29. The van der Waals surface area contributed by atoms with Gasteiger partial charge in [-0.05, 0) is 37.1 Å². The molecule has 1 fully saturated rings. The third-order valence-electron chi connectivity index (χ3n) is 3.19. The average molecular weight is 342 g/mol. The SMILES string of the molecule is N#CC1(COCSc2ccc(Br)cc2)CCOCC1. The summed E-state index contributed by atoms with van der Waals surface area (Å²) in [5.74, 6) is 0.575. The zero-order valence-electron chi connectivity index (χ0n) is 10.6. The predicted molar refractivity (Wildman–Crippen MR) is 78.9 cm³/mol. The molecule has 1 aromatic rings. The van der Waals surface area contributed by atoms with Crippen molar-refractivity contribution in [1.82, 2.24) is 0 Å². The topological polar surface area (TPSA) is 42.2 Å². The van der Waals surface area contributed by atoms with Gasteiger partial charge >= 0.3 is 0 Å². The first-order chi connectivity index (χ1) is 9.24. The molecule has 1 saturated heterocycles. The molecular formula is C14H16BrNO2S. The van der Waals surface area contributed by atoms with Crippen molar-refractivity contribution in [2.45, 2.75) is 17.7 Å². The van der Waals surface area contributed by atoms with E-state index in [1.54, 1.807) is 11.8 Å². The Morgan fingerprint density at radius 1 is 1.32 bits per heavy atom. The Kier molecular flexibility index (Phi) is 5.71. The van der Waals surface area contributed by atoms with Crippen molar-refractivity contribution < 1.29 is 9.47 Å². The van der Waals surface area contributed by atoms with Crippen LogP contribution in [-0.2, 0) is 9.47 Å². The minimum Gasteiger partial charge on any atom is -0.381 e. The summed E-state index contributed by atoms with van der Waals surface area (Å²) in [6.07, 6.45) is 1.54. The molecule has 0 unspecified atom stereocenters. The summed E-state index contributed by atoms with van der Waals surface area (Å²) in [7, 11) is 0. The maximum Gasteiger partial charge on any atom is 0.0967 e. The van der Waals surface area contributed by atoms with Gasteiger partial charge in [0.05, 0.1) is 24.0 Å². The highest BCUT2D eigenvalue weighted by molar-refractivity contribution is 9.10. The van der Waals surface area contributed by atoms with E-state index in [0.29, 0.717) is 25.8 Å². The molecule has 19 heavy (non-hydrogen) atoms. The van der Waals surface area contributed by atoms with Crippen molar-refractivity contribution in [2.75, 3.05) is 25.8 Å². The molecule has 5 heteroatoms. The lowest BCUT2D eigenvalue weighted by atomic mass is 9.83. The molecule has 0 radical (unpaired) electrons. The predicted octanol–water partition coefficient (Wildman–Crippen LogP) is 3.84. The van der Waals surface area contributed by atoms with E-state index >= 15 is 0 Å². The molecule has 0 bridgehead atoms. The second-order valence-corrected chi connectivity index (χ2v) is 6.48. The van der Waals surface area contributed by atoms with Gasteiger partial charge in [-0.1, -0.05) is 27.7 Å². The van der Waals surface area contributed by atoms with Crippen LogP contribution in [0.25, 0.3) is 0 Å². The molecule has 0 saturated carbocycles. The van der Waals surface area contributed by atoms with Crippen molar-refractivity contribution in [3.63, 3.8) is 0 Å². The fraction of sp³-hybridized carbons (Fsp3) is 0.500. The second kappa shape index (κ2) is 7.30. The Balaban J connectivity index is 1.74. The van der Waals surface area contributed by atoms with Crippen LogP contribution in [0.15, 0.2) is 33.6 Å². The van der Waals surface area contributed by atoms with Crippen molar-refractivity contribution in [3.8, 4) is 6.07 Å². The van der Waals surface area contributed by atoms with Crippen LogP contribution in [0.5, 0.6) is 0 Å². The second-order valence-electron chi connectivity index (χ2n) is 4.57. The summed E-state index contributed by atoms with van der Waals surface area (Å²) < 4.78 is 12.0. The van der Waals surface area contributed by atoms with Crippen LogP contribution in [0.3, 0.4) is 0 Å². The van der Waals surface area contributed by atoms with Gasteiger partial charge in [-0.3, -0.25) is 0 Å². The summed E-state index contributed by atoms with van der Waals surface area (Å²) in [6.45, 7) is 1.82. The van der Waals surface area contributed by atoms with E-state index < -0.39 is 0 Å². The van der Waals surface area contributed by atoms with Gasteiger partial charge in [-0.25, -0.2) is 0 Å². The number of halogens is 1. The van der Waals surface area contributed by atoms with E-state index in [1.807, 2.05) is 24.3 Å². The van der Waals surface area contributed by atoms with Crippen molar-refractivity contribution in [3.05, 3.63) is 28.7 Å². The Hall–Kier alpha value is -0.540. The summed E-state index contributed by atoms with van der Waals surface area (Å²) in [5, 5.41) is 9.29. The van der Waals surface area contributed by atoms with Gasteiger partial charge in [0.2, 0.25) is 0 Å². The van der Waals surface area contributed by atoms with Gasteiger partial charge in [0.1, 0.15) is 0 Å². The third kappa shape index (κ3) is 4.50. The van der Waals surface area contributed by atoms with Gasteiger partial charge in [0, 0.05) is 22.6 Å². The molecule has 1 aliphatic heterocycles. The van der Waals surface area contributed by atoms with Gasteiger partial charge < -0.3 is 9.47 Å². The molecule has 102 valence electrons. The van der Waals surface area contributed by atoms with E-state index in [4.69, 9.17) is 9.47 Å². The molecule has 3 nitrogen and oxygen atoms in total. The normalized spacial score (nSPS) is 17.9. The smallest absolute Gasteiger partial charge is 0.0967 e. The minimum atomic E-state index is -0.349. The van der Waals surface area contributed by atoms with E-state index in [0.717, 1.165) is 17.3 Å². The van der Waals surface area contributed by atoms with E-state index in [-0.39, 0.29) is 5.41 Å². The zero-order valence-corrected chi connectivity index (χ0v) is 13.0. The zero-order chi connectivity index (χ0) is 13.6. The van der Waals surface area contributed by atoms with Crippen molar-refractivity contribution >= 4 is 27.7 Å². The molecule has 0 amide bonds. The lowest BCUT2D eigenvalue weighted by Crippen LogP contribution is -2.32. The largest absolute Gasteiger partial charge is 0.381 e. The first-order valence-corrected chi connectivity index (χ1v) is 7.97. The molecule has 1 heterocycles. The fourth-order valence-corrected chi connectivity index (χ4v) is 2.82. The monoisotopic (exact) mass is 341 g/mol. The number of hydrogen-bond acceptors (Lipinski definition) is 4. The molecule has 0 atom stereocenters. The van der Waals surface area contributed by atoms with Crippen LogP contribution < -0.4 is 0 Å². The lowest BCUT2D eigenvalue weighted by Gasteiger charge is -2.30. The van der Waals surface area contributed by atoms with Gasteiger partial charge in [0.15, 0.2) is 0 Å². The van der Waals surface area contributed by atoms with Crippen LogP contribution >= 0.6 is 27.7 Å². The quantitative estimate of drug-likeness (QED) is 0.463. The van der Waals surface area contributed by atoms with Crippen molar-refractivity contribution in [2.24, 2.45) is 5.41 Å². The number of nitrogens with zero attached hydrogens (tertiary/aromatic N) is 1. The molecule has 0 spiro atoms. The number of ether oxygens (including phenoxy) is 2. The van der Waals surface area contributed by atoms with Gasteiger partial charge in [-0.2, -0.15) is 5.26 Å². The number of benzene rings is 1.